The molecule has 3 heteroatoms. The maximum absolute atomic E-state index is 13.5. The van der Waals surface area contributed by atoms with Gasteiger partial charge in [-0.2, -0.15) is 0 Å². The molecule has 0 spiro atoms. The van der Waals surface area contributed by atoms with Crippen LogP contribution in [0.3, 0.4) is 0 Å². The Kier molecular flexibility index (Phi) is 3.42. The van der Waals surface area contributed by atoms with Crippen molar-refractivity contribution in [3.63, 3.8) is 0 Å². The second kappa shape index (κ2) is 4.62. The lowest BCUT2D eigenvalue weighted by Gasteiger charge is -2.23. The van der Waals surface area contributed by atoms with E-state index in [2.05, 4.69) is 27.3 Å². The lowest BCUT2D eigenvalue weighted by Crippen LogP contribution is -2.26. The number of hydrogen-bond acceptors (Lipinski definition) is 1. The zero-order valence-corrected chi connectivity index (χ0v) is 10.4. The maximum atomic E-state index is 13.5. The van der Waals surface area contributed by atoms with Crippen molar-refractivity contribution in [3.8, 4) is 0 Å². The Balaban J connectivity index is 2.27. The van der Waals surface area contributed by atoms with Gasteiger partial charge in [0.15, 0.2) is 0 Å². The Morgan fingerprint density at radius 2 is 2.00 bits per heavy atom. The molecule has 1 aliphatic rings. The molecule has 0 aromatic heterocycles. The molecule has 1 fully saturated rings. The van der Waals surface area contributed by atoms with Crippen molar-refractivity contribution in [2.24, 2.45) is 0 Å². The van der Waals surface area contributed by atoms with Crippen molar-refractivity contribution < 1.29 is 4.39 Å². The van der Waals surface area contributed by atoms with E-state index in [0.717, 1.165) is 36.0 Å². The van der Waals surface area contributed by atoms with Crippen LogP contribution in [0.15, 0.2) is 16.6 Å². The fourth-order valence-corrected chi connectivity index (χ4v) is 2.51. The van der Waals surface area contributed by atoms with Crippen LogP contribution >= 0.6 is 15.9 Å². The Labute approximate surface area is 98.2 Å². The molecule has 15 heavy (non-hydrogen) atoms. The molecule has 1 heterocycles. The minimum Gasteiger partial charge on any atom is -0.317 e. The number of halogens is 2. The van der Waals surface area contributed by atoms with Gasteiger partial charge >= 0.3 is 0 Å². The highest BCUT2D eigenvalue weighted by atomic mass is 79.9. The van der Waals surface area contributed by atoms with Crippen LogP contribution in [-0.2, 0) is 0 Å². The molecule has 0 bridgehead atoms. The molecule has 82 valence electrons. The quantitative estimate of drug-likeness (QED) is 0.826. The van der Waals surface area contributed by atoms with E-state index >= 15 is 0 Å². The van der Waals surface area contributed by atoms with E-state index in [1.165, 1.54) is 0 Å². The van der Waals surface area contributed by atoms with Gasteiger partial charge in [-0.15, -0.1) is 0 Å². The van der Waals surface area contributed by atoms with E-state index < -0.39 is 0 Å². The molecule has 0 radical (unpaired) electrons. The second-order valence-corrected chi connectivity index (χ2v) is 4.99. The van der Waals surface area contributed by atoms with Crippen LogP contribution < -0.4 is 5.32 Å². The zero-order chi connectivity index (χ0) is 10.8. The molecule has 0 unspecified atom stereocenters. The number of nitrogens with one attached hydrogen (secondary N) is 1. The summed E-state index contributed by atoms with van der Waals surface area (Å²) in [6.45, 7) is 3.88. The first kappa shape index (κ1) is 11.1. The van der Waals surface area contributed by atoms with E-state index in [1.54, 1.807) is 13.0 Å². The smallest absolute Gasteiger partial charge is 0.127 e. The van der Waals surface area contributed by atoms with Crippen LogP contribution in [0.4, 0.5) is 4.39 Å². The summed E-state index contributed by atoms with van der Waals surface area (Å²) >= 11 is 3.41. The predicted molar refractivity (Wildman–Crippen MR) is 63.7 cm³/mol. The molecule has 1 saturated heterocycles. The van der Waals surface area contributed by atoms with Gasteiger partial charge in [0.05, 0.1) is 0 Å². The highest BCUT2D eigenvalue weighted by Gasteiger charge is 2.17. The van der Waals surface area contributed by atoms with Gasteiger partial charge in [-0.05, 0) is 62.0 Å². The van der Waals surface area contributed by atoms with E-state index in [0.29, 0.717) is 11.5 Å². The summed E-state index contributed by atoms with van der Waals surface area (Å²) < 4.78 is 14.4. The molecule has 0 aliphatic carbocycles. The van der Waals surface area contributed by atoms with Crippen molar-refractivity contribution in [2.75, 3.05) is 13.1 Å². The molecule has 2 rings (SSSR count). The lowest BCUT2D eigenvalue weighted by molar-refractivity contribution is 0.458. The van der Waals surface area contributed by atoms with Gasteiger partial charge in [-0.25, -0.2) is 4.39 Å². The highest BCUT2D eigenvalue weighted by molar-refractivity contribution is 9.10. The molecule has 0 saturated carbocycles. The average molecular weight is 272 g/mol. The lowest BCUT2D eigenvalue weighted by atomic mass is 9.90. The molecule has 0 amide bonds. The largest absolute Gasteiger partial charge is 0.317 e. The third-order valence-corrected chi connectivity index (χ3v) is 3.94. The molecule has 1 aliphatic heterocycles. The fraction of sp³-hybridized carbons (Fsp3) is 0.500. The molecule has 1 aromatic rings. The topological polar surface area (TPSA) is 12.0 Å². The summed E-state index contributed by atoms with van der Waals surface area (Å²) in [6, 6.07) is 3.75. The summed E-state index contributed by atoms with van der Waals surface area (Å²) in [5.41, 5.74) is 1.83. The minimum absolute atomic E-state index is 0.0992. The van der Waals surface area contributed by atoms with Crippen LogP contribution in [0.25, 0.3) is 0 Å². The summed E-state index contributed by atoms with van der Waals surface area (Å²) in [5, 5.41) is 3.32. The summed E-state index contributed by atoms with van der Waals surface area (Å²) in [7, 11) is 0. The average Bonchev–Trinajstić information content (AvgIpc) is 2.26. The molecule has 1 N–H and O–H groups in total. The van der Waals surface area contributed by atoms with Crippen LogP contribution in [0.1, 0.15) is 29.9 Å². The van der Waals surface area contributed by atoms with Crippen molar-refractivity contribution in [3.05, 3.63) is 33.5 Å². The number of hydrogen-bond donors (Lipinski definition) is 1. The van der Waals surface area contributed by atoms with E-state index in [9.17, 15) is 4.39 Å². The summed E-state index contributed by atoms with van der Waals surface area (Å²) in [4.78, 5) is 0. The Morgan fingerprint density at radius 1 is 1.33 bits per heavy atom. The Bertz CT molecular complexity index is 336. The standard InChI is InChI=1S/C12H15BrFN/c1-8-11(13)6-10(7-12(8)14)9-2-4-15-5-3-9/h6-7,9,15H,2-5H2,1H3. The third-order valence-electron chi connectivity index (χ3n) is 3.11. The third kappa shape index (κ3) is 2.40. The van der Waals surface area contributed by atoms with Gasteiger partial charge in [0.1, 0.15) is 5.82 Å². The fourth-order valence-electron chi connectivity index (χ4n) is 2.06. The second-order valence-electron chi connectivity index (χ2n) is 4.13. The Hall–Kier alpha value is -0.410. The van der Waals surface area contributed by atoms with Crippen LogP contribution in [0.5, 0.6) is 0 Å². The van der Waals surface area contributed by atoms with Gasteiger partial charge in [0.2, 0.25) is 0 Å². The van der Waals surface area contributed by atoms with Gasteiger partial charge < -0.3 is 5.32 Å². The molecule has 1 nitrogen and oxygen atoms in total. The van der Waals surface area contributed by atoms with Gasteiger partial charge in [-0.1, -0.05) is 15.9 Å². The van der Waals surface area contributed by atoms with Crippen molar-refractivity contribution >= 4 is 15.9 Å². The first-order chi connectivity index (χ1) is 7.18. The van der Waals surface area contributed by atoms with Crippen molar-refractivity contribution in [1.29, 1.82) is 0 Å². The monoisotopic (exact) mass is 271 g/mol. The Morgan fingerprint density at radius 3 is 2.60 bits per heavy atom. The van der Waals surface area contributed by atoms with Gasteiger partial charge in [0.25, 0.3) is 0 Å². The first-order valence-corrected chi connectivity index (χ1v) is 6.14. The van der Waals surface area contributed by atoms with E-state index in [1.807, 2.05) is 0 Å². The number of rotatable bonds is 1. The maximum Gasteiger partial charge on any atom is 0.127 e. The molecule has 1 aromatic carbocycles. The van der Waals surface area contributed by atoms with Gasteiger partial charge in [-0.3, -0.25) is 0 Å². The molecular weight excluding hydrogens is 257 g/mol. The van der Waals surface area contributed by atoms with Gasteiger partial charge in [0, 0.05) is 4.47 Å². The predicted octanol–water partition coefficient (Wildman–Crippen LogP) is 3.36. The van der Waals surface area contributed by atoms with Crippen LogP contribution in [-0.4, -0.2) is 13.1 Å². The minimum atomic E-state index is -0.0992. The van der Waals surface area contributed by atoms with E-state index in [-0.39, 0.29) is 5.82 Å². The number of benzene rings is 1. The van der Waals surface area contributed by atoms with Crippen molar-refractivity contribution in [2.45, 2.75) is 25.7 Å². The van der Waals surface area contributed by atoms with E-state index in [4.69, 9.17) is 0 Å². The number of piperidine rings is 1. The molecular formula is C12H15BrFN. The summed E-state index contributed by atoms with van der Waals surface area (Å²) in [6.07, 6.45) is 2.21. The first-order valence-electron chi connectivity index (χ1n) is 5.34. The molecule has 0 atom stereocenters. The zero-order valence-electron chi connectivity index (χ0n) is 8.82. The highest BCUT2D eigenvalue weighted by Crippen LogP contribution is 2.30. The summed E-state index contributed by atoms with van der Waals surface area (Å²) in [5.74, 6) is 0.413. The SMILES string of the molecule is Cc1c(F)cc(C2CCNCC2)cc1Br. The van der Waals surface area contributed by atoms with Crippen LogP contribution in [0, 0.1) is 12.7 Å². The van der Waals surface area contributed by atoms with Crippen molar-refractivity contribution in [1.82, 2.24) is 5.32 Å². The normalized spacial score (nSPS) is 18.1. The van der Waals surface area contributed by atoms with Crippen LogP contribution in [0.2, 0.25) is 0 Å².